The van der Waals surface area contributed by atoms with Crippen molar-refractivity contribution in [2.45, 2.75) is 13.0 Å². The molecule has 6 nitrogen and oxygen atoms in total. The van der Waals surface area contributed by atoms with E-state index in [-0.39, 0.29) is 11.9 Å². The summed E-state index contributed by atoms with van der Waals surface area (Å²) in [6.07, 6.45) is 2.29. The van der Waals surface area contributed by atoms with Crippen LogP contribution in [0, 0.1) is 10.1 Å². The van der Waals surface area contributed by atoms with E-state index in [2.05, 4.69) is 10.3 Å². The van der Waals surface area contributed by atoms with Crippen LogP contribution in [0.1, 0.15) is 18.5 Å². The van der Waals surface area contributed by atoms with E-state index >= 15 is 0 Å². The Morgan fingerprint density at radius 2 is 2.44 bits per heavy atom. The normalized spacial score (nSPS) is 13.2. The molecule has 1 aromatic rings. The van der Waals surface area contributed by atoms with Crippen LogP contribution in [0.2, 0.25) is 5.15 Å². The molecule has 0 aliphatic rings. The highest BCUT2D eigenvalue weighted by molar-refractivity contribution is 6.29. The highest BCUT2D eigenvalue weighted by Crippen LogP contribution is 2.13. The summed E-state index contributed by atoms with van der Waals surface area (Å²) in [7, 11) is 0. The van der Waals surface area contributed by atoms with Crippen LogP contribution in [0.15, 0.2) is 30.4 Å². The molecule has 1 atom stereocenters. The molecular weight excluding hydrogens is 232 g/mol. The van der Waals surface area contributed by atoms with Gasteiger partial charge in [0.2, 0.25) is 0 Å². The Labute approximate surface area is 97.3 Å². The molecule has 1 rings (SSSR count). The van der Waals surface area contributed by atoms with Crippen molar-refractivity contribution in [3.8, 4) is 0 Å². The van der Waals surface area contributed by atoms with Crippen LogP contribution in [-0.2, 0) is 0 Å². The Hall–Kier alpha value is -1.82. The topological polar surface area (TPSA) is 94.1 Å². The van der Waals surface area contributed by atoms with Gasteiger partial charge in [-0.1, -0.05) is 17.7 Å². The standard InChI is InChI=1S/C9H11ClN4O2/c1-6(13-9(11)5-14(15)16)7-2-3-8(10)12-4-7/h2-6,13H,11H2,1H3/b9-5+. The number of pyridine rings is 1. The van der Waals surface area contributed by atoms with Crippen LogP contribution in [0.25, 0.3) is 0 Å². The van der Waals surface area contributed by atoms with E-state index in [4.69, 9.17) is 17.3 Å². The number of hydrogen-bond acceptors (Lipinski definition) is 5. The van der Waals surface area contributed by atoms with E-state index < -0.39 is 4.92 Å². The molecule has 0 fully saturated rings. The first-order valence-corrected chi connectivity index (χ1v) is 4.85. The summed E-state index contributed by atoms with van der Waals surface area (Å²) in [5.41, 5.74) is 6.24. The lowest BCUT2D eigenvalue weighted by molar-refractivity contribution is -0.403. The fraction of sp³-hybridized carbons (Fsp3) is 0.222. The van der Waals surface area contributed by atoms with Gasteiger partial charge in [-0.25, -0.2) is 4.98 Å². The van der Waals surface area contributed by atoms with Crippen molar-refractivity contribution in [2.24, 2.45) is 5.73 Å². The molecule has 0 radical (unpaired) electrons. The van der Waals surface area contributed by atoms with Gasteiger partial charge in [0.1, 0.15) is 5.15 Å². The molecule has 86 valence electrons. The van der Waals surface area contributed by atoms with Crippen molar-refractivity contribution in [1.29, 1.82) is 0 Å². The van der Waals surface area contributed by atoms with Gasteiger partial charge in [0.05, 0.1) is 11.0 Å². The molecule has 1 heterocycles. The highest BCUT2D eigenvalue weighted by atomic mass is 35.5. The Bertz CT molecular complexity index is 404. The van der Waals surface area contributed by atoms with Gasteiger partial charge in [-0.05, 0) is 18.6 Å². The third-order valence-electron chi connectivity index (χ3n) is 1.88. The monoisotopic (exact) mass is 242 g/mol. The lowest BCUT2D eigenvalue weighted by Crippen LogP contribution is -2.24. The summed E-state index contributed by atoms with van der Waals surface area (Å²) in [6.45, 7) is 1.81. The maximum Gasteiger partial charge on any atom is 0.273 e. The third-order valence-corrected chi connectivity index (χ3v) is 2.10. The maximum absolute atomic E-state index is 10.2. The number of nitrogens with zero attached hydrogens (tertiary/aromatic N) is 2. The zero-order valence-corrected chi connectivity index (χ0v) is 9.31. The number of rotatable bonds is 4. The minimum Gasteiger partial charge on any atom is -0.380 e. The largest absolute Gasteiger partial charge is 0.380 e. The van der Waals surface area contributed by atoms with E-state index in [1.165, 1.54) is 0 Å². The van der Waals surface area contributed by atoms with Gasteiger partial charge in [0.25, 0.3) is 6.20 Å². The van der Waals surface area contributed by atoms with Gasteiger partial charge in [0, 0.05) is 6.20 Å². The molecule has 0 aliphatic heterocycles. The predicted molar refractivity (Wildman–Crippen MR) is 60.1 cm³/mol. The first-order chi connectivity index (χ1) is 7.49. The molecule has 0 aromatic carbocycles. The molecule has 1 aromatic heterocycles. The second-order valence-corrected chi connectivity index (χ2v) is 3.54. The van der Waals surface area contributed by atoms with Gasteiger partial charge >= 0.3 is 0 Å². The van der Waals surface area contributed by atoms with Crippen molar-refractivity contribution in [1.82, 2.24) is 10.3 Å². The average Bonchev–Trinajstić information content (AvgIpc) is 2.16. The molecule has 1 unspecified atom stereocenters. The molecule has 0 aliphatic carbocycles. The Balaban J connectivity index is 2.69. The SMILES string of the molecule is CC(N/C(N)=C/[N+](=O)[O-])c1ccc(Cl)nc1. The number of aromatic nitrogens is 1. The summed E-state index contributed by atoms with van der Waals surface area (Å²) in [5, 5.41) is 13.3. The molecule has 0 saturated carbocycles. The molecule has 0 bridgehead atoms. The number of nitrogens with one attached hydrogen (secondary N) is 1. The van der Waals surface area contributed by atoms with Crippen molar-refractivity contribution in [2.75, 3.05) is 0 Å². The highest BCUT2D eigenvalue weighted by Gasteiger charge is 2.07. The van der Waals surface area contributed by atoms with Crippen LogP contribution in [0.3, 0.4) is 0 Å². The summed E-state index contributed by atoms with van der Waals surface area (Å²) < 4.78 is 0. The first kappa shape index (κ1) is 12.3. The smallest absolute Gasteiger partial charge is 0.273 e. The molecule has 0 spiro atoms. The lowest BCUT2D eigenvalue weighted by Gasteiger charge is -2.13. The Kier molecular flexibility index (Phi) is 4.07. The molecule has 3 N–H and O–H groups in total. The van der Waals surface area contributed by atoms with Gasteiger partial charge < -0.3 is 11.1 Å². The zero-order chi connectivity index (χ0) is 12.1. The first-order valence-electron chi connectivity index (χ1n) is 4.48. The fourth-order valence-electron chi connectivity index (χ4n) is 1.13. The van der Waals surface area contributed by atoms with E-state index in [9.17, 15) is 10.1 Å². The molecule has 16 heavy (non-hydrogen) atoms. The van der Waals surface area contributed by atoms with Gasteiger partial charge in [-0.15, -0.1) is 0 Å². The van der Waals surface area contributed by atoms with Gasteiger partial charge in [-0.3, -0.25) is 10.1 Å². The van der Waals surface area contributed by atoms with Crippen molar-refractivity contribution in [3.05, 3.63) is 51.2 Å². The summed E-state index contributed by atoms with van der Waals surface area (Å²) in [5.74, 6) is -0.00699. The van der Waals surface area contributed by atoms with Crippen molar-refractivity contribution in [3.63, 3.8) is 0 Å². The third kappa shape index (κ3) is 3.74. The van der Waals surface area contributed by atoms with Crippen LogP contribution in [0.4, 0.5) is 0 Å². The lowest BCUT2D eigenvalue weighted by atomic mass is 10.1. The molecule has 0 saturated heterocycles. The predicted octanol–water partition coefficient (Wildman–Crippen LogP) is 1.42. The Morgan fingerprint density at radius 1 is 1.75 bits per heavy atom. The molecule has 7 heteroatoms. The molecule has 0 amide bonds. The minimum atomic E-state index is -0.616. The Morgan fingerprint density at radius 3 is 2.94 bits per heavy atom. The summed E-state index contributed by atoms with van der Waals surface area (Å²) in [4.78, 5) is 13.4. The van der Waals surface area contributed by atoms with E-state index in [1.54, 1.807) is 18.3 Å². The van der Waals surface area contributed by atoms with E-state index in [1.807, 2.05) is 6.92 Å². The number of nitrogens with two attached hydrogens (primary N) is 1. The van der Waals surface area contributed by atoms with Crippen LogP contribution < -0.4 is 11.1 Å². The van der Waals surface area contributed by atoms with Crippen LogP contribution in [-0.4, -0.2) is 9.91 Å². The second-order valence-electron chi connectivity index (χ2n) is 3.15. The number of hydrogen-bond donors (Lipinski definition) is 2. The number of nitro groups is 1. The van der Waals surface area contributed by atoms with Crippen molar-refractivity contribution >= 4 is 11.6 Å². The van der Waals surface area contributed by atoms with E-state index in [0.29, 0.717) is 11.4 Å². The quantitative estimate of drug-likeness (QED) is 0.473. The van der Waals surface area contributed by atoms with Crippen LogP contribution in [0.5, 0.6) is 0 Å². The van der Waals surface area contributed by atoms with Crippen LogP contribution >= 0.6 is 11.6 Å². The molecular formula is C9H11ClN4O2. The minimum absolute atomic E-state index is 0.00699. The van der Waals surface area contributed by atoms with Crippen molar-refractivity contribution < 1.29 is 4.92 Å². The average molecular weight is 243 g/mol. The van der Waals surface area contributed by atoms with Gasteiger partial charge in [0.15, 0.2) is 5.82 Å². The zero-order valence-electron chi connectivity index (χ0n) is 8.55. The number of halogens is 1. The maximum atomic E-state index is 10.2. The summed E-state index contributed by atoms with van der Waals surface area (Å²) in [6, 6.07) is 3.23. The van der Waals surface area contributed by atoms with E-state index in [0.717, 1.165) is 5.56 Å². The van der Waals surface area contributed by atoms with Gasteiger partial charge in [-0.2, -0.15) is 0 Å². The fourth-order valence-corrected chi connectivity index (χ4v) is 1.24. The summed E-state index contributed by atoms with van der Waals surface area (Å²) >= 11 is 5.63. The second kappa shape index (κ2) is 5.32.